The number of ether oxygens (including phenoxy) is 1. The van der Waals surface area contributed by atoms with E-state index in [1.165, 1.54) is 24.3 Å². The molecule has 1 saturated heterocycles. The molecule has 1 aliphatic heterocycles. The number of piperidine rings is 1. The van der Waals surface area contributed by atoms with Crippen molar-refractivity contribution in [3.8, 4) is 11.4 Å². The summed E-state index contributed by atoms with van der Waals surface area (Å²) in [5.74, 6) is 1.30. The van der Waals surface area contributed by atoms with E-state index in [0.29, 0.717) is 23.9 Å². The Kier molecular flexibility index (Phi) is 6.18. The van der Waals surface area contributed by atoms with Crippen LogP contribution in [-0.4, -0.2) is 34.4 Å². The molecule has 4 rings (SSSR count). The van der Waals surface area contributed by atoms with Crippen LogP contribution in [0.3, 0.4) is 0 Å². The van der Waals surface area contributed by atoms with Crippen LogP contribution < -0.4 is 15.2 Å². The molecule has 0 aliphatic carbocycles. The van der Waals surface area contributed by atoms with Crippen LogP contribution in [0.25, 0.3) is 5.69 Å². The summed E-state index contributed by atoms with van der Waals surface area (Å²) in [5, 5.41) is 15.1. The molecule has 2 aromatic carbocycles. The predicted molar refractivity (Wildman–Crippen MR) is 118 cm³/mol. The van der Waals surface area contributed by atoms with Gasteiger partial charge in [0.05, 0.1) is 29.1 Å². The summed E-state index contributed by atoms with van der Waals surface area (Å²) in [5.41, 5.74) is 0.509. The van der Waals surface area contributed by atoms with Gasteiger partial charge < -0.3 is 9.64 Å². The van der Waals surface area contributed by atoms with Crippen LogP contribution in [0.4, 0.5) is 11.4 Å². The van der Waals surface area contributed by atoms with E-state index in [2.05, 4.69) is 10.00 Å². The van der Waals surface area contributed by atoms with Gasteiger partial charge in [-0.2, -0.15) is 9.78 Å². The van der Waals surface area contributed by atoms with Crippen molar-refractivity contribution in [3.63, 3.8) is 0 Å². The minimum Gasteiger partial charge on any atom is -0.493 e. The van der Waals surface area contributed by atoms with Crippen molar-refractivity contribution in [2.75, 3.05) is 24.6 Å². The Morgan fingerprint density at radius 1 is 1.10 bits per heavy atom. The summed E-state index contributed by atoms with van der Waals surface area (Å²) >= 11 is 6.39. The first-order chi connectivity index (χ1) is 15.0. The van der Waals surface area contributed by atoms with Gasteiger partial charge in [-0.15, -0.1) is 0 Å². The van der Waals surface area contributed by atoms with Crippen molar-refractivity contribution < 1.29 is 9.66 Å². The number of non-ortho nitro benzene ring substituents is 1. The normalized spacial score (nSPS) is 14.4. The Labute approximate surface area is 183 Å². The van der Waals surface area contributed by atoms with Crippen molar-refractivity contribution in [2.24, 2.45) is 5.92 Å². The zero-order valence-corrected chi connectivity index (χ0v) is 17.4. The third-order valence-electron chi connectivity index (χ3n) is 5.39. The van der Waals surface area contributed by atoms with E-state index in [-0.39, 0.29) is 10.7 Å². The van der Waals surface area contributed by atoms with Gasteiger partial charge in [0.25, 0.3) is 11.2 Å². The lowest BCUT2D eigenvalue weighted by Gasteiger charge is -2.33. The number of anilines is 1. The second-order valence-corrected chi connectivity index (χ2v) is 7.77. The molecule has 0 saturated carbocycles. The van der Waals surface area contributed by atoms with E-state index in [1.54, 1.807) is 6.20 Å². The molecule has 0 unspecified atom stereocenters. The molecule has 31 heavy (non-hydrogen) atoms. The largest absolute Gasteiger partial charge is 0.493 e. The highest BCUT2D eigenvalue weighted by Gasteiger charge is 2.23. The summed E-state index contributed by atoms with van der Waals surface area (Å²) in [4.78, 5) is 25.1. The summed E-state index contributed by atoms with van der Waals surface area (Å²) in [7, 11) is 0. The van der Waals surface area contributed by atoms with Crippen molar-refractivity contribution >= 4 is 23.0 Å². The first kappa shape index (κ1) is 20.9. The van der Waals surface area contributed by atoms with Gasteiger partial charge in [0.2, 0.25) is 0 Å². The molecule has 160 valence electrons. The number of nitrogens with zero attached hydrogens (tertiary/aromatic N) is 4. The van der Waals surface area contributed by atoms with Gasteiger partial charge in [-0.3, -0.25) is 14.9 Å². The van der Waals surface area contributed by atoms with Crippen LogP contribution in [0.15, 0.2) is 65.6 Å². The summed E-state index contributed by atoms with van der Waals surface area (Å²) in [6.45, 7) is 2.17. The molecule has 1 fully saturated rings. The number of nitro benzene ring substituents is 1. The molecule has 3 aromatic rings. The van der Waals surface area contributed by atoms with E-state index < -0.39 is 10.5 Å². The highest BCUT2D eigenvalue weighted by Crippen LogP contribution is 2.28. The first-order valence-corrected chi connectivity index (χ1v) is 10.4. The highest BCUT2D eigenvalue weighted by molar-refractivity contribution is 6.33. The molecule has 0 N–H and O–H groups in total. The zero-order valence-electron chi connectivity index (χ0n) is 16.7. The fraction of sp³-hybridized carbons (Fsp3) is 0.273. The number of nitro groups is 1. The third kappa shape index (κ3) is 4.69. The second kappa shape index (κ2) is 9.18. The second-order valence-electron chi connectivity index (χ2n) is 7.39. The van der Waals surface area contributed by atoms with Gasteiger partial charge in [0.1, 0.15) is 10.8 Å². The minimum absolute atomic E-state index is 0.0568. The lowest BCUT2D eigenvalue weighted by molar-refractivity contribution is -0.384. The number of benzene rings is 2. The first-order valence-electron chi connectivity index (χ1n) is 9.98. The van der Waals surface area contributed by atoms with Crippen molar-refractivity contribution in [1.82, 2.24) is 9.78 Å². The maximum atomic E-state index is 12.8. The van der Waals surface area contributed by atoms with Gasteiger partial charge in [0.15, 0.2) is 0 Å². The molecule has 0 amide bonds. The van der Waals surface area contributed by atoms with E-state index in [1.807, 2.05) is 30.3 Å². The Morgan fingerprint density at radius 3 is 2.42 bits per heavy atom. The number of halogens is 1. The fourth-order valence-electron chi connectivity index (χ4n) is 3.62. The number of para-hydroxylation sites is 1. The standard InChI is InChI=1S/C22H21ClN4O4/c23-21-20(14-24-26(22(21)28)17-6-8-18(9-7-17)27(29)30)25-12-10-16(11-13-25)15-31-19-4-2-1-3-5-19/h1-9,14,16H,10-13,15H2. The van der Waals surface area contributed by atoms with Crippen LogP contribution in [0.2, 0.25) is 5.02 Å². The van der Waals surface area contributed by atoms with Gasteiger partial charge in [-0.1, -0.05) is 29.8 Å². The van der Waals surface area contributed by atoms with Crippen LogP contribution in [0, 0.1) is 16.0 Å². The lowest BCUT2D eigenvalue weighted by Crippen LogP contribution is -2.37. The van der Waals surface area contributed by atoms with Crippen LogP contribution in [0.1, 0.15) is 12.8 Å². The molecule has 8 nitrogen and oxygen atoms in total. The quantitative estimate of drug-likeness (QED) is 0.423. The van der Waals surface area contributed by atoms with Crippen molar-refractivity contribution in [1.29, 1.82) is 0 Å². The molecule has 1 aliphatic rings. The maximum absolute atomic E-state index is 12.8. The highest BCUT2D eigenvalue weighted by atomic mass is 35.5. The molecule has 9 heteroatoms. The van der Waals surface area contributed by atoms with Crippen molar-refractivity contribution in [3.05, 3.63) is 86.3 Å². The average molecular weight is 441 g/mol. The smallest absolute Gasteiger partial charge is 0.292 e. The zero-order chi connectivity index (χ0) is 21.8. The molecule has 1 aromatic heterocycles. The monoisotopic (exact) mass is 440 g/mol. The summed E-state index contributed by atoms with van der Waals surface area (Å²) in [6.07, 6.45) is 3.43. The van der Waals surface area contributed by atoms with E-state index in [9.17, 15) is 14.9 Å². The molecule has 0 spiro atoms. The SMILES string of the molecule is O=c1c(Cl)c(N2CCC(COc3ccccc3)CC2)cnn1-c1ccc([N+](=O)[O-])cc1. The minimum atomic E-state index is -0.495. The fourth-order valence-corrected chi connectivity index (χ4v) is 3.86. The molecular formula is C22H21ClN4O4. The number of rotatable bonds is 6. The molecule has 0 bridgehead atoms. The maximum Gasteiger partial charge on any atom is 0.292 e. The molecule has 0 radical (unpaired) electrons. The van der Waals surface area contributed by atoms with Crippen LogP contribution in [0.5, 0.6) is 5.75 Å². The number of hydrogen-bond donors (Lipinski definition) is 0. The average Bonchev–Trinajstić information content (AvgIpc) is 2.81. The Hall–Kier alpha value is -3.39. The van der Waals surface area contributed by atoms with Gasteiger partial charge >= 0.3 is 0 Å². The number of hydrogen-bond acceptors (Lipinski definition) is 6. The van der Waals surface area contributed by atoms with E-state index >= 15 is 0 Å². The third-order valence-corrected chi connectivity index (χ3v) is 5.75. The Balaban J connectivity index is 1.42. The number of aromatic nitrogens is 2. The summed E-state index contributed by atoms with van der Waals surface area (Å²) in [6, 6.07) is 15.3. The Bertz CT molecular complexity index is 1110. The van der Waals surface area contributed by atoms with Gasteiger partial charge in [0, 0.05) is 25.2 Å². The van der Waals surface area contributed by atoms with Gasteiger partial charge in [-0.05, 0) is 43.0 Å². The van der Waals surface area contributed by atoms with Crippen molar-refractivity contribution in [2.45, 2.75) is 12.8 Å². The van der Waals surface area contributed by atoms with Crippen LogP contribution in [-0.2, 0) is 0 Å². The summed E-state index contributed by atoms with van der Waals surface area (Å²) < 4.78 is 7.01. The molecule has 2 heterocycles. The molecular weight excluding hydrogens is 420 g/mol. The lowest BCUT2D eigenvalue weighted by atomic mass is 9.97. The van der Waals surface area contributed by atoms with Gasteiger partial charge in [-0.25, -0.2) is 0 Å². The van der Waals surface area contributed by atoms with Crippen LogP contribution >= 0.6 is 11.6 Å². The van der Waals surface area contributed by atoms with E-state index in [4.69, 9.17) is 16.3 Å². The van der Waals surface area contributed by atoms with E-state index in [0.717, 1.165) is 36.4 Å². The Morgan fingerprint density at radius 2 is 1.77 bits per heavy atom. The predicted octanol–water partition coefficient (Wildman–Crippen LogP) is 4.09. The molecule has 0 atom stereocenters. The topological polar surface area (TPSA) is 90.5 Å².